The van der Waals surface area contributed by atoms with Crippen LogP contribution in [0, 0.1) is 0 Å². The molecule has 2 aromatic rings. The summed E-state index contributed by atoms with van der Waals surface area (Å²) in [5.41, 5.74) is 3.75. The quantitative estimate of drug-likeness (QED) is 0.179. The molecule has 0 fully saturated rings. The Morgan fingerprint density at radius 3 is 2.05 bits per heavy atom. The third-order valence-corrected chi connectivity index (χ3v) is 8.75. The van der Waals surface area contributed by atoms with Crippen LogP contribution in [0.3, 0.4) is 0 Å². The number of hydrogen-bond donors (Lipinski definition) is 1. The van der Waals surface area contributed by atoms with Gasteiger partial charge in [0.2, 0.25) is 0 Å². The van der Waals surface area contributed by atoms with Gasteiger partial charge in [-0.25, -0.2) is 0 Å². The van der Waals surface area contributed by atoms with Crippen molar-refractivity contribution < 1.29 is 9.53 Å². The lowest BCUT2D eigenvalue weighted by atomic mass is 9.85. The lowest BCUT2D eigenvalue weighted by molar-refractivity contribution is 0.102. The molecule has 2 aromatic carbocycles. The molecular weight excluding hydrogens is 524 g/mol. The number of amides is 1. The second-order valence-corrected chi connectivity index (χ2v) is 13.8. The number of ether oxygens (including phenoxy) is 1. The zero-order chi connectivity index (χ0) is 29.5. The van der Waals surface area contributed by atoms with Crippen LogP contribution in [0.4, 0.5) is 5.69 Å². The molecule has 0 atom stereocenters. The average Bonchev–Trinajstić information content (AvgIpc) is 3.35. The lowest BCUT2D eigenvalue weighted by Gasteiger charge is -2.23. The van der Waals surface area contributed by atoms with E-state index in [1.807, 2.05) is 36.0 Å². The van der Waals surface area contributed by atoms with Crippen molar-refractivity contribution >= 4 is 23.4 Å². The summed E-state index contributed by atoms with van der Waals surface area (Å²) in [7, 11) is 0. The fraction of sp³-hybridized carbons (Fsp3) is 0.583. The Kier molecular flexibility index (Phi) is 14.2. The number of carbonyl (C=O) groups excluding carboxylic acids is 1. The van der Waals surface area contributed by atoms with E-state index in [4.69, 9.17) is 4.74 Å². The summed E-state index contributed by atoms with van der Waals surface area (Å²) in [5, 5.41) is 3.06. The van der Waals surface area contributed by atoms with Gasteiger partial charge in [0, 0.05) is 24.0 Å². The van der Waals surface area contributed by atoms with Gasteiger partial charge < -0.3 is 15.0 Å². The van der Waals surface area contributed by atoms with E-state index in [1.54, 1.807) is 0 Å². The highest BCUT2D eigenvalue weighted by Crippen LogP contribution is 2.33. The second kappa shape index (κ2) is 17.5. The Labute approximate surface area is 254 Å². The average molecular weight is 579 g/mol. The Hall–Kier alpha value is -2.40. The predicted octanol–water partition coefficient (Wildman–Crippen LogP) is 10.7. The van der Waals surface area contributed by atoms with Crippen LogP contribution in [0.1, 0.15) is 133 Å². The van der Waals surface area contributed by atoms with Crippen LogP contribution in [0.25, 0.3) is 0 Å². The SMILES string of the molecule is CCCCCCCCCCCCCCOc1cc(C(=O)Nc2ccc(CN3C=C(C)SC3)cc2)ccc1C(C)(C)C. The standard InChI is InChI=1S/C36H54N2O2S/c1-6-7-8-9-10-11-12-13-14-15-16-17-24-40-34-25-31(20-23-33(34)36(3,4)5)35(39)37-32-21-18-30(19-22-32)27-38-26-29(2)41-28-38/h18-23,25-26H,6-17,24,27-28H2,1-5H3,(H,37,39). The summed E-state index contributed by atoms with van der Waals surface area (Å²) >= 11 is 1.87. The molecule has 1 amide bonds. The largest absolute Gasteiger partial charge is 0.493 e. The van der Waals surface area contributed by atoms with Crippen LogP contribution < -0.4 is 10.1 Å². The van der Waals surface area contributed by atoms with Crippen LogP contribution in [-0.2, 0) is 12.0 Å². The number of anilines is 1. The number of benzene rings is 2. The molecule has 226 valence electrons. The van der Waals surface area contributed by atoms with Gasteiger partial charge in [0.25, 0.3) is 5.91 Å². The molecule has 0 unspecified atom stereocenters. The molecule has 4 nitrogen and oxygen atoms in total. The van der Waals surface area contributed by atoms with E-state index in [1.165, 1.54) is 81.1 Å². The Morgan fingerprint density at radius 1 is 0.878 bits per heavy atom. The number of unbranched alkanes of at least 4 members (excludes halogenated alkanes) is 11. The number of hydrogen-bond acceptors (Lipinski definition) is 4. The van der Waals surface area contributed by atoms with Crippen molar-refractivity contribution in [1.82, 2.24) is 4.90 Å². The number of allylic oxidation sites excluding steroid dienone is 1. The highest BCUT2D eigenvalue weighted by molar-refractivity contribution is 8.03. The fourth-order valence-corrected chi connectivity index (χ4v) is 6.03. The Bertz CT molecular complexity index is 1090. The van der Waals surface area contributed by atoms with E-state index in [-0.39, 0.29) is 11.3 Å². The minimum atomic E-state index is -0.108. The van der Waals surface area contributed by atoms with E-state index in [0.29, 0.717) is 12.2 Å². The van der Waals surface area contributed by atoms with Crippen molar-refractivity contribution in [2.45, 2.75) is 124 Å². The van der Waals surface area contributed by atoms with E-state index in [0.717, 1.165) is 35.8 Å². The van der Waals surface area contributed by atoms with Gasteiger partial charge in [-0.15, -0.1) is 11.8 Å². The number of nitrogens with one attached hydrogen (secondary N) is 1. The maximum atomic E-state index is 13.1. The smallest absolute Gasteiger partial charge is 0.255 e. The first-order valence-electron chi connectivity index (χ1n) is 16.0. The zero-order valence-electron chi connectivity index (χ0n) is 26.4. The van der Waals surface area contributed by atoms with E-state index >= 15 is 0 Å². The summed E-state index contributed by atoms with van der Waals surface area (Å²) in [5.74, 6) is 1.72. The molecule has 0 bridgehead atoms. The van der Waals surface area contributed by atoms with Crippen LogP contribution in [0.5, 0.6) is 5.75 Å². The third-order valence-electron chi connectivity index (χ3n) is 7.73. The minimum Gasteiger partial charge on any atom is -0.493 e. The summed E-state index contributed by atoms with van der Waals surface area (Å²) in [6.07, 6.45) is 18.1. The molecule has 41 heavy (non-hydrogen) atoms. The first kappa shape index (κ1) is 33.1. The molecule has 1 aliphatic rings. The summed E-state index contributed by atoms with van der Waals surface area (Å²) < 4.78 is 6.29. The maximum Gasteiger partial charge on any atom is 0.255 e. The van der Waals surface area contributed by atoms with Crippen molar-refractivity contribution in [3.63, 3.8) is 0 Å². The van der Waals surface area contributed by atoms with Gasteiger partial charge in [-0.1, -0.05) is 117 Å². The topological polar surface area (TPSA) is 41.6 Å². The van der Waals surface area contributed by atoms with Gasteiger partial charge in [0.1, 0.15) is 5.75 Å². The number of nitrogens with zero attached hydrogens (tertiary/aromatic N) is 1. The van der Waals surface area contributed by atoms with Crippen molar-refractivity contribution in [3.8, 4) is 5.75 Å². The van der Waals surface area contributed by atoms with Gasteiger partial charge in [-0.3, -0.25) is 4.79 Å². The molecule has 0 saturated carbocycles. The Morgan fingerprint density at radius 2 is 1.49 bits per heavy atom. The second-order valence-electron chi connectivity index (χ2n) is 12.6. The molecule has 0 spiro atoms. The molecule has 0 radical (unpaired) electrons. The van der Waals surface area contributed by atoms with Gasteiger partial charge in [-0.05, 0) is 59.1 Å². The third kappa shape index (κ3) is 12.2. The molecule has 0 aliphatic carbocycles. The van der Waals surface area contributed by atoms with Gasteiger partial charge in [0.15, 0.2) is 0 Å². The molecular formula is C36H54N2O2S. The zero-order valence-corrected chi connectivity index (χ0v) is 27.2. The van der Waals surface area contributed by atoms with Crippen molar-refractivity contribution in [3.05, 3.63) is 70.3 Å². The van der Waals surface area contributed by atoms with Crippen LogP contribution in [0.15, 0.2) is 53.6 Å². The number of rotatable bonds is 18. The predicted molar refractivity (Wildman–Crippen MR) is 178 cm³/mol. The maximum absolute atomic E-state index is 13.1. The van der Waals surface area contributed by atoms with Gasteiger partial charge >= 0.3 is 0 Å². The highest BCUT2D eigenvalue weighted by atomic mass is 32.2. The van der Waals surface area contributed by atoms with Crippen LogP contribution in [0.2, 0.25) is 0 Å². The van der Waals surface area contributed by atoms with Crippen molar-refractivity contribution in [2.24, 2.45) is 0 Å². The molecule has 0 aromatic heterocycles. The summed E-state index contributed by atoms with van der Waals surface area (Å²) in [6, 6.07) is 14.1. The minimum absolute atomic E-state index is 0.0573. The van der Waals surface area contributed by atoms with Gasteiger partial charge in [-0.2, -0.15) is 0 Å². The Balaban J connectivity index is 1.43. The van der Waals surface area contributed by atoms with E-state index < -0.39 is 0 Å². The van der Waals surface area contributed by atoms with Crippen molar-refractivity contribution in [1.29, 1.82) is 0 Å². The van der Waals surface area contributed by atoms with E-state index in [2.05, 4.69) is 69.2 Å². The monoisotopic (exact) mass is 578 g/mol. The van der Waals surface area contributed by atoms with E-state index in [9.17, 15) is 4.79 Å². The first-order valence-corrected chi connectivity index (χ1v) is 17.0. The number of carbonyl (C=O) groups is 1. The molecule has 5 heteroatoms. The normalized spacial score (nSPS) is 13.4. The fourth-order valence-electron chi connectivity index (χ4n) is 5.27. The van der Waals surface area contributed by atoms with Crippen LogP contribution >= 0.6 is 11.8 Å². The molecule has 1 heterocycles. The summed E-state index contributed by atoms with van der Waals surface area (Å²) in [6.45, 7) is 12.6. The highest BCUT2D eigenvalue weighted by Gasteiger charge is 2.21. The molecule has 1 aliphatic heterocycles. The molecule has 0 saturated heterocycles. The number of thioether (sulfide) groups is 1. The first-order chi connectivity index (χ1) is 19.8. The van der Waals surface area contributed by atoms with Crippen LogP contribution in [-0.4, -0.2) is 23.3 Å². The lowest BCUT2D eigenvalue weighted by Crippen LogP contribution is -2.17. The molecule has 1 N–H and O–H groups in total. The van der Waals surface area contributed by atoms with Crippen molar-refractivity contribution in [2.75, 3.05) is 17.8 Å². The van der Waals surface area contributed by atoms with Gasteiger partial charge in [0.05, 0.1) is 12.5 Å². The summed E-state index contributed by atoms with van der Waals surface area (Å²) in [4.78, 5) is 16.8. The molecule has 3 rings (SSSR count).